The van der Waals surface area contributed by atoms with E-state index >= 15 is 0 Å². The van der Waals surface area contributed by atoms with Crippen molar-refractivity contribution in [2.75, 3.05) is 12.4 Å². The highest BCUT2D eigenvalue weighted by atomic mass is 32.2. The van der Waals surface area contributed by atoms with Crippen molar-refractivity contribution in [1.29, 1.82) is 0 Å². The molecule has 0 unspecified atom stereocenters. The molecule has 0 aliphatic heterocycles. The van der Waals surface area contributed by atoms with Crippen LogP contribution in [0.2, 0.25) is 0 Å². The number of carbonyl (C=O) groups is 2. The number of benzene rings is 1. The van der Waals surface area contributed by atoms with Gasteiger partial charge in [0.2, 0.25) is 0 Å². The summed E-state index contributed by atoms with van der Waals surface area (Å²) in [6, 6.07) is 7.32. The Morgan fingerprint density at radius 2 is 1.83 bits per heavy atom. The van der Waals surface area contributed by atoms with Gasteiger partial charge in [0.05, 0.1) is 12.4 Å². The lowest BCUT2D eigenvalue weighted by molar-refractivity contribution is -0.140. The Morgan fingerprint density at radius 1 is 1.17 bits per heavy atom. The molecular weight excluding hydrogens is 248 g/mol. The number of carbonyl (C=O) groups excluding carboxylic acids is 2. The number of ether oxygens (including phenoxy) is 1. The maximum atomic E-state index is 11.4. The summed E-state index contributed by atoms with van der Waals surface area (Å²) in [4.78, 5) is 23.7. The predicted molar refractivity (Wildman–Crippen MR) is 73.0 cm³/mol. The first-order valence-electron chi connectivity index (χ1n) is 6.09. The van der Waals surface area contributed by atoms with E-state index in [4.69, 9.17) is 4.74 Å². The van der Waals surface area contributed by atoms with Crippen molar-refractivity contribution in [1.82, 2.24) is 0 Å². The average molecular weight is 266 g/mol. The second kappa shape index (κ2) is 7.93. The summed E-state index contributed by atoms with van der Waals surface area (Å²) in [6.07, 6.45) is 1.35. The molecule has 18 heavy (non-hydrogen) atoms. The molecule has 0 saturated heterocycles. The first kappa shape index (κ1) is 14.8. The van der Waals surface area contributed by atoms with E-state index in [2.05, 4.69) is 0 Å². The van der Waals surface area contributed by atoms with Crippen LogP contribution < -0.4 is 0 Å². The second-order valence-electron chi connectivity index (χ2n) is 3.81. The normalized spacial score (nSPS) is 10.1. The largest absolute Gasteiger partial charge is 0.465 e. The Balaban J connectivity index is 2.44. The van der Waals surface area contributed by atoms with Crippen LogP contribution in [0.15, 0.2) is 29.2 Å². The zero-order chi connectivity index (χ0) is 13.4. The fourth-order valence-corrected chi connectivity index (χ4v) is 2.04. The van der Waals surface area contributed by atoms with Crippen LogP contribution in [0.1, 0.15) is 37.0 Å². The minimum absolute atomic E-state index is 0.133. The molecule has 0 spiro atoms. The highest BCUT2D eigenvalue weighted by molar-refractivity contribution is 8.00. The summed E-state index contributed by atoms with van der Waals surface area (Å²) >= 11 is 1.42. The number of hydrogen-bond acceptors (Lipinski definition) is 4. The van der Waals surface area contributed by atoms with Crippen LogP contribution in [0.25, 0.3) is 0 Å². The summed E-state index contributed by atoms with van der Waals surface area (Å²) in [5.41, 5.74) is 0.718. The molecule has 1 aromatic rings. The van der Waals surface area contributed by atoms with Gasteiger partial charge in [0.15, 0.2) is 5.78 Å². The van der Waals surface area contributed by atoms with Crippen molar-refractivity contribution in [3.8, 4) is 0 Å². The van der Waals surface area contributed by atoms with E-state index in [0.717, 1.165) is 16.9 Å². The third-order valence-electron chi connectivity index (χ3n) is 2.32. The molecule has 0 aliphatic carbocycles. The van der Waals surface area contributed by atoms with Crippen molar-refractivity contribution in [2.24, 2.45) is 0 Å². The molecule has 0 radical (unpaired) electrons. The Bertz CT molecular complexity index is 398. The third kappa shape index (κ3) is 4.92. The molecule has 1 rings (SSSR count). The van der Waals surface area contributed by atoms with Crippen LogP contribution in [-0.4, -0.2) is 24.1 Å². The first-order valence-corrected chi connectivity index (χ1v) is 7.07. The van der Waals surface area contributed by atoms with E-state index < -0.39 is 0 Å². The van der Waals surface area contributed by atoms with Gasteiger partial charge in [-0.05, 0) is 18.6 Å². The lowest BCUT2D eigenvalue weighted by Gasteiger charge is -2.04. The Morgan fingerprint density at radius 3 is 2.39 bits per heavy atom. The van der Waals surface area contributed by atoms with Gasteiger partial charge in [0, 0.05) is 16.9 Å². The molecule has 0 heterocycles. The number of hydrogen-bond donors (Lipinski definition) is 0. The molecule has 0 bridgehead atoms. The highest BCUT2D eigenvalue weighted by Crippen LogP contribution is 2.19. The lowest BCUT2D eigenvalue weighted by atomic mass is 10.1. The number of Topliss-reactive ketones (excluding diaryl/α,β-unsaturated/α-hetero) is 1. The second-order valence-corrected chi connectivity index (χ2v) is 4.86. The number of rotatable bonds is 7. The topological polar surface area (TPSA) is 43.4 Å². The minimum Gasteiger partial charge on any atom is -0.465 e. The number of thioether (sulfide) groups is 1. The molecule has 0 N–H and O–H groups in total. The summed E-state index contributed by atoms with van der Waals surface area (Å²) in [5, 5.41) is 0. The van der Waals surface area contributed by atoms with Crippen LogP contribution in [-0.2, 0) is 9.53 Å². The summed E-state index contributed by atoms with van der Waals surface area (Å²) in [6.45, 7) is 4.28. The van der Waals surface area contributed by atoms with Gasteiger partial charge in [-0.15, -0.1) is 11.8 Å². The molecule has 0 saturated carbocycles. The molecule has 0 aromatic heterocycles. The van der Waals surface area contributed by atoms with E-state index in [1.807, 2.05) is 26.0 Å². The van der Waals surface area contributed by atoms with Crippen LogP contribution in [0.5, 0.6) is 0 Å². The van der Waals surface area contributed by atoms with Crippen LogP contribution in [0.3, 0.4) is 0 Å². The van der Waals surface area contributed by atoms with Gasteiger partial charge in [-0.3, -0.25) is 9.59 Å². The zero-order valence-electron chi connectivity index (χ0n) is 10.8. The van der Waals surface area contributed by atoms with Gasteiger partial charge >= 0.3 is 5.97 Å². The first-order chi connectivity index (χ1) is 8.67. The predicted octanol–water partition coefficient (Wildman–Crippen LogP) is 3.32. The van der Waals surface area contributed by atoms with Gasteiger partial charge < -0.3 is 4.74 Å². The molecule has 4 heteroatoms. The van der Waals surface area contributed by atoms with Gasteiger partial charge in [0.1, 0.15) is 0 Å². The van der Waals surface area contributed by atoms with Crippen molar-refractivity contribution in [3.63, 3.8) is 0 Å². The standard InChI is InChI=1S/C14H18O3S/c1-3-9-17-14(16)10-18-12-7-5-11(6-8-12)13(15)4-2/h5-8H,3-4,9-10H2,1-2H3. The van der Waals surface area contributed by atoms with Gasteiger partial charge in [0.25, 0.3) is 0 Å². The quantitative estimate of drug-likeness (QED) is 0.431. The van der Waals surface area contributed by atoms with E-state index in [1.54, 1.807) is 12.1 Å². The summed E-state index contributed by atoms with van der Waals surface area (Å²) < 4.78 is 4.98. The number of esters is 1. The van der Waals surface area contributed by atoms with Crippen molar-refractivity contribution >= 4 is 23.5 Å². The van der Waals surface area contributed by atoms with Crippen molar-refractivity contribution in [2.45, 2.75) is 31.6 Å². The molecule has 1 aromatic carbocycles. The fraction of sp³-hybridized carbons (Fsp3) is 0.429. The van der Waals surface area contributed by atoms with Gasteiger partial charge in [-0.2, -0.15) is 0 Å². The zero-order valence-corrected chi connectivity index (χ0v) is 11.6. The molecule has 0 fully saturated rings. The van der Waals surface area contributed by atoms with Crippen LogP contribution in [0.4, 0.5) is 0 Å². The highest BCUT2D eigenvalue weighted by Gasteiger charge is 2.05. The van der Waals surface area contributed by atoms with Crippen LogP contribution in [0, 0.1) is 0 Å². The lowest BCUT2D eigenvalue weighted by Crippen LogP contribution is -2.07. The smallest absolute Gasteiger partial charge is 0.316 e. The number of ketones is 1. The fourth-order valence-electron chi connectivity index (χ4n) is 1.34. The van der Waals surface area contributed by atoms with Gasteiger partial charge in [-0.1, -0.05) is 26.0 Å². The Labute approximate surface area is 112 Å². The van der Waals surface area contributed by atoms with E-state index in [9.17, 15) is 9.59 Å². The Hall–Kier alpha value is -1.29. The molecular formula is C14H18O3S. The van der Waals surface area contributed by atoms with Gasteiger partial charge in [-0.25, -0.2) is 0 Å². The van der Waals surface area contributed by atoms with Crippen LogP contribution >= 0.6 is 11.8 Å². The molecule has 98 valence electrons. The van der Waals surface area contributed by atoms with E-state index in [1.165, 1.54) is 11.8 Å². The maximum absolute atomic E-state index is 11.4. The van der Waals surface area contributed by atoms with Crippen molar-refractivity contribution in [3.05, 3.63) is 29.8 Å². The summed E-state index contributed by atoms with van der Waals surface area (Å²) in [7, 11) is 0. The minimum atomic E-state index is -0.199. The van der Waals surface area contributed by atoms with E-state index in [-0.39, 0.29) is 11.8 Å². The van der Waals surface area contributed by atoms with E-state index in [0.29, 0.717) is 18.8 Å². The van der Waals surface area contributed by atoms with Crippen molar-refractivity contribution < 1.29 is 14.3 Å². The third-order valence-corrected chi connectivity index (χ3v) is 3.31. The molecule has 0 aliphatic rings. The Kier molecular flexibility index (Phi) is 6.50. The average Bonchev–Trinajstić information content (AvgIpc) is 2.42. The molecule has 3 nitrogen and oxygen atoms in total. The molecule has 0 atom stereocenters. The maximum Gasteiger partial charge on any atom is 0.316 e. The SMILES string of the molecule is CCCOC(=O)CSc1ccc(C(=O)CC)cc1. The monoisotopic (exact) mass is 266 g/mol. The summed E-state index contributed by atoms with van der Waals surface area (Å²) in [5.74, 6) is 0.241. The molecule has 0 amide bonds.